The van der Waals surface area contributed by atoms with Crippen molar-refractivity contribution in [3.05, 3.63) is 113 Å². The van der Waals surface area contributed by atoms with Crippen LogP contribution in [-0.4, -0.2) is 16.8 Å². The van der Waals surface area contributed by atoms with E-state index in [-0.39, 0.29) is 5.91 Å². The summed E-state index contributed by atoms with van der Waals surface area (Å²) in [5.41, 5.74) is 2.49. The van der Waals surface area contributed by atoms with Crippen LogP contribution in [0.25, 0.3) is 10.8 Å². The molecule has 1 heterocycles. The third-order valence-electron chi connectivity index (χ3n) is 5.49. The lowest BCUT2D eigenvalue weighted by Crippen LogP contribution is -2.25. The van der Waals surface area contributed by atoms with Crippen LogP contribution in [0.2, 0.25) is 5.02 Å². The van der Waals surface area contributed by atoms with Gasteiger partial charge in [-0.3, -0.25) is 4.79 Å². The minimum atomic E-state index is -0.736. The van der Waals surface area contributed by atoms with Crippen LogP contribution < -0.4 is 4.74 Å². The summed E-state index contributed by atoms with van der Waals surface area (Å²) in [6.45, 7) is 1.84. The van der Waals surface area contributed by atoms with Gasteiger partial charge in [0.05, 0.1) is 5.56 Å². The average Bonchev–Trinajstić information content (AvgIpc) is 3.29. The molecule has 5 rings (SSSR count). The molecule has 6 heteroatoms. The van der Waals surface area contributed by atoms with Crippen LogP contribution in [0.1, 0.15) is 29.8 Å². The van der Waals surface area contributed by atoms with Crippen molar-refractivity contribution in [2.24, 2.45) is 5.10 Å². The van der Waals surface area contributed by atoms with Crippen LogP contribution in [0.5, 0.6) is 5.75 Å². The Morgan fingerprint density at radius 3 is 2.61 bits per heavy atom. The van der Waals surface area contributed by atoms with Crippen LogP contribution in [-0.2, 0) is 16.1 Å². The molecular weight excluding hydrogens is 436 g/mol. The molecule has 0 unspecified atom stereocenters. The monoisotopic (exact) mass is 456 g/mol. The second-order valence-electron chi connectivity index (χ2n) is 7.71. The highest BCUT2D eigenvalue weighted by molar-refractivity contribution is 6.31. The number of fused-ring (bicyclic) bond motifs is 1. The van der Waals surface area contributed by atoms with E-state index in [0.717, 1.165) is 16.3 Å². The standard InChI is InChI=1S/C27H21ClN2O3/c1-18(31)30-27(33-26(29-30)20-10-7-12-22(28)16-20)24-14-4-5-15-25(24)32-17-21-11-6-9-19-8-2-3-13-23(19)21/h2-16,27H,17H2,1H3/t27-/m0/s1. The van der Waals surface area contributed by atoms with Crippen LogP contribution in [0.3, 0.4) is 0 Å². The van der Waals surface area contributed by atoms with E-state index in [2.05, 4.69) is 29.4 Å². The molecule has 1 atom stereocenters. The molecule has 0 saturated heterocycles. The second-order valence-corrected chi connectivity index (χ2v) is 8.15. The second kappa shape index (κ2) is 8.96. The number of hydrazone groups is 1. The maximum absolute atomic E-state index is 12.4. The highest BCUT2D eigenvalue weighted by atomic mass is 35.5. The molecule has 4 aromatic carbocycles. The van der Waals surface area contributed by atoms with E-state index in [1.165, 1.54) is 11.9 Å². The Labute approximate surface area is 196 Å². The quantitative estimate of drug-likeness (QED) is 0.353. The zero-order valence-electron chi connectivity index (χ0n) is 17.9. The van der Waals surface area contributed by atoms with Gasteiger partial charge in [0, 0.05) is 17.5 Å². The molecule has 5 nitrogen and oxygen atoms in total. The summed E-state index contributed by atoms with van der Waals surface area (Å²) < 4.78 is 12.4. The normalized spacial score (nSPS) is 15.3. The number of rotatable bonds is 5. The Kier molecular flexibility index (Phi) is 5.71. The van der Waals surface area contributed by atoms with E-state index >= 15 is 0 Å². The molecule has 1 aliphatic rings. The Balaban J connectivity index is 1.44. The van der Waals surface area contributed by atoms with E-state index in [1.807, 2.05) is 54.6 Å². The Bertz CT molecular complexity index is 1360. The summed E-state index contributed by atoms with van der Waals surface area (Å²) in [6, 6.07) is 29.1. The minimum absolute atomic E-state index is 0.235. The van der Waals surface area contributed by atoms with Gasteiger partial charge in [-0.15, -0.1) is 5.10 Å². The third-order valence-corrected chi connectivity index (χ3v) is 5.72. The number of hydrogen-bond donors (Lipinski definition) is 0. The summed E-state index contributed by atoms with van der Waals surface area (Å²) in [4.78, 5) is 12.4. The van der Waals surface area contributed by atoms with Gasteiger partial charge in [-0.2, -0.15) is 5.01 Å². The number of carbonyl (C=O) groups excluding carboxylic acids is 1. The molecule has 0 aliphatic carbocycles. The van der Waals surface area contributed by atoms with Gasteiger partial charge in [0.15, 0.2) is 0 Å². The maximum Gasteiger partial charge on any atom is 0.243 e. The van der Waals surface area contributed by atoms with Crippen LogP contribution in [0.4, 0.5) is 0 Å². The van der Waals surface area contributed by atoms with Crippen molar-refractivity contribution < 1.29 is 14.3 Å². The number of halogens is 1. The van der Waals surface area contributed by atoms with Crippen LogP contribution in [0.15, 0.2) is 96.1 Å². The van der Waals surface area contributed by atoms with Crippen molar-refractivity contribution in [3.8, 4) is 5.75 Å². The van der Waals surface area contributed by atoms with Gasteiger partial charge < -0.3 is 9.47 Å². The van der Waals surface area contributed by atoms with E-state index in [1.54, 1.807) is 12.1 Å². The number of ether oxygens (including phenoxy) is 2. The molecule has 0 fully saturated rings. The topological polar surface area (TPSA) is 51.1 Å². The van der Waals surface area contributed by atoms with Crippen LogP contribution in [0, 0.1) is 0 Å². The molecule has 0 N–H and O–H groups in total. The molecule has 33 heavy (non-hydrogen) atoms. The largest absolute Gasteiger partial charge is 0.488 e. The number of carbonyl (C=O) groups is 1. The minimum Gasteiger partial charge on any atom is -0.488 e. The molecule has 0 spiro atoms. The summed E-state index contributed by atoms with van der Waals surface area (Å²) in [6.07, 6.45) is -0.736. The molecule has 0 saturated carbocycles. The fourth-order valence-electron chi connectivity index (χ4n) is 3.90. The van der Waals surface area contributed by atoms with Gasteiger partial charge in [-0.05, 0) is 46.7 Å². The molecule has 0 radical (unpaired) electrons. The zero-order chi connectivity index (χ0) is 22.8. The van der Waals surface area contributed by atoms with Gasteiger partial charge in [0.1, 0.15) is 12.4 Å². The predicted octanol–water partition coefficient (Wildman–Crippen LogP) is 6.31. The summed E-state index contributed by atoms with van der Waals surface area (Å²) in [5, 5.41) is 8.62. The average molecular weight is 457 g/mol. The van der Waals surface area contributed by atoms with Crippen molar-refractivity contribution in [1.82, 2.24) is 5.01 Å². The van der Waals surface area contributed by atoms with Gasteiger partial charge in [0.2, 0.25) is 18.0 Å². The molecule has 0 bridgehead atoms. The van der Waals surface area contributed by atoms with Gasteiger partial charge >= 0.3 is 0 Å². The van der Waals surface area contributed by atoms with E-state index < -0.39 is 6.23 Å². The predicted molar refractivity (Wildman–Crippen MR) is 129 cm³/mol. The lowest BCUT2D eigenvalue weighted by Gasteiger charge is -2.22. The number of benzene rings is 4. The lowest BCUT2D eigenvalue weighted by atomic mass is 10.1. The summed E-state index contributed by atoms with van der Waals surface area (Å²) >= 11 is 6.13. The first-order valence-corrected chi connectivity index (χ1v) is 11.0. The lowest BCUT2D eigenvalue weighted by molar-refractivity contribution is -0.135. The molecule has 1 aliphatic heterocycles. The highest BCUT2D eigenvalue weighted by Crippen LogP contribution is 2.36. The third kappa shape index (κ3) is 4.28. The van der Waals surface area contributed by atoms with Crippen molar-refractivity contribution in [2.75, 3.05) is 0 Å². The van der Waals surface area contributed by atoms with Crippen molar-refractivity contribution in [2.45, 2.75) is 19.8 Å². The SMILES string of the molecule is CC(=O)N1N=C(c2cccc(Cl)c2)O[C@H]1c1ccccc1OCc1cccc2ccccc12. The van der Waals surface area contributed by atoms with E-state index in [9.17, 15) is 4.79 Å². The van der Waals surface area contributed by atoms with Crippen LogP contribution >= 0.6 is 11.6 Å². The molecule has 1 amide bonds. The Morgan fingerprint density at radius 1 is 1.00 bits per heavy atom. The summed E-state index contributed by atoms with van der Waals surface area (Å²) in [5.74, 6) is 0.728. The Morgan fingerprint density at radius 2 is 1.76 bits per heavy atom. The van der Waals surface area contributed by atoms with Gasteiger partial charge in [-0.1, -0.05) is 72.3 Å². The van der Waals surface area contributed by atoms with Crippen molar-refractivity contribution in [3.63, 3.8) is 0 Å². The number of para-hydroxylation sites is 1. The first-order chi connectivity index (χ1) is 16.1. The first kappa shape index (κ1) is 21.0. The first-order valence-electron chi connectivity index (χ1n) is 10.6. The molecular formula is C27H21ClN2O3. The van der Waals surface area contributed by atoms with Gasteiger partial charge in [-0.25, -0.2) is 0 Å². The highest BCUT2D eigenvalue weighted by Gasteiger charge is 2.35. The number of hydrogen-bond acceptors (Lipinski definition) is 4. The smallest absolute Gasteiger partial charge is 0.243 e. The maximum atomic E-state index is 12.4. The van der Waals surface area contributed by atoms with E-state index in [0.29, 0.717) is 34.4 Å². The molecule has 4 aromatic rings. The fraction of sp³-hybridized carbons (Fsp3) is 0.111. The molecule has 164 valence electrons. The van der Waals surface area contributed by atoms with Gasteiger partial charge in [0.25, 0.3) is 0 Å². The number of nitrogens with zero attached hydrogens (tertiary/aromatic N) is 2. The fourth-order valence-corrected chi connectivity index (χ4v) is 4.09. The number of amides is 1. The Hall–Kier alpha value is -3.83. The molecule has 0 aromatic heterocycles. The van der Waals surface area contributed by atoms with Crippen molar-refractivity contribution in [1.29, 1.82) is 0 Å². The van der Waals surface area contributed by atoms with E-state index in [4.69, 9.17) is 21.1 Å². The van der Waals surface area contributed by atoms with Crippen molar-refractivity contribution >= 4 is 34.2 Å². The summed E-state index contributed by atoms with van der Waals surface area (Å²) in [7, 11) is 0. The zero-order valence-corrected chi connectivity index (χ0v) is 18.7.